The number of amides is 2. The van der Waals surface area contributed by atoms with Crippen LogP contribution in [0.25, 0.3) is 0 Å². The number of hydrogen-bond donors (Lipinski definition) is 1. The predicted molar refractivity (Wildman–Crippen MR) is 128 cm³/mol. The molecule has 5 nitrogen and oxygen atoms in total. The minimum Gasteiger partial charge on any atom is -0.497 e. The lowest BCUT2D eigenvalue weighted by Crippen LogP contribution is -2.51. The molecule has 0 bridgehead atoms. The highest BCUT2D eigenvalue weighted by Gasteiger charge is 2.30. The van der Waals surface area contributed by atoms with Crippen molar-refractivity contribution in [1.29, 1.82) is 0 Å². The molecule has 172 valence electrons. The van der Waals surface area contributed by atoms with Gasteiger partial charge in [0.15, 0.2) is 0 Å². The summed E-state index contributed by atoms with van der Waals surface area (Å²) in [4.78, 5) is 28.3. The van der Waals surface area contributed by atoms with Gasteiger partial charge in [0.05, 0.1) is 7.11 Å². The summed E-state index contributed by atoms with van der Waals surface area (Å²) in [5.41, 5.74) is 1.87. The average Bonchev–Trinajstić information content (AvgIpc) is 3.31. The van der Waals surface area contributed by atoms with E-state index in [-0.39, 0.29) is 17.9 Å². The summed E-state index contributed by atoms with van der Waals surface area (Å²) in [6.45, 7) is 2.31. The highest BCUT2D eigenvalue weighted by molar-refractivity contribution is 6.31. The maximum absolute atomic E-state index is 13.4. The molecule has 6 heteroatoms. The van der Waals surface area contributed by atoms with Crippen molar-refractivity contribution < 1.29 is 14.3 Å². The maximum Gasteiger partial charge on any atom is 0.243 e. The van der Waals surface area contributed by atoms with Crippen molar-refractivity contribution in [3.8, 4) is 5.75 Å². The molecule has 1 aliphatic carbocycles. The zero-order chi connectivity index (χ0) is 22.9. The van der Waals surface area contributed by atoms with Gasteiger partial charge >= 0.3 is 0 Å². The molecular formula is C26H33ClN2O3. The smallest absolute Gasteiger partial charge is 0.243 e. The van der Waals surface area contributed by atoms with E-state index in [9.17, 15) is 9.59 Å². The van der Waals surface area contributed by atoms with Crippen molar-refractivity contribution in [3.63, 3.8) is 0 Å². The number of rotatable bonds is 10. The van der Waals surface area contributed by atoms with Crippen LogP contribution in [0.1, 0.15) is 56.6 Å². The Bertz CT molecular complexity index is 911. The molecule has 2 aromatic carbocycles. The average molecular weight is 457 g/mol. The van der Waals surface area contributed by atoms with E-state index >= 15 is 0 Å². The van der Waals surface area contributed by atoms with Gasteiger partial charge in [0.2, 0.25) is 11.8 Å². The normalized spacial score (nSPS) is 14.7. The number of benzene rings is 2. The third-order valence-electron chi connectivity index (χ3n) is 6.14. The SMILES string of the molecule is CC[C@@H](C(=O)NC1CCCC1)N(Cc1cccc(OC)c1)C(=O)CCc1ccccc1Cl. The number of hydrogen-bond acceptors (Lipinski definition) is 3. The van der Waals surface area contributed by atoms with Crippen molar-refractivity contribution in [2.24, 2.45) is 0 Å². The molecule has 0 aliphatic heterocycles. The first-order valence-corrected chi connectivity index (χ1v) is 11.9. The summed E-state index contributed by atoms with van der Waals surface area (Å²) in [7, 11) is 1.62. The summed E-state index contributed by atoms with van der Waals surface area (Å²) < 4.78 is 5.34. The van der Waals surface area contributed by atoms with Gasteiger partial charge in [-0.25, -0.2) is 0 Å². The summed E-state index contributed by atoms with van der Waals surface area (Å²) in [6.07, 6.45) is 5.70. The second-order valence-electron chi connectivity index (χ2n) is 8.38. The Morgan fingerprint density at radius 3 is 2.59 bits per heavy atom. The fourth-order valence-electron chi connectivity index (χ4n) is 4.34. The quantitative estimate of drug-likeness (QED) is 0.538. The van der Waals surface area contributed by atoms with Crippen molar-refractivity contribution in [3.05, 3.63) is 64.7 Å². The van der Waals surface area contributed by atoms with Gasteiger partial charge in [0.25, 0.3) is 0 Å². The van der Waals surface area contributed by atoms with Gasteiger partial charge in [-0.3, -0.25) is 9.59 Å². The molecule has 0 radical (unpaired) electrons. The molecule has 1 fully saturated rings. The van der Waals surface area contributed by atoms with Crippen LogP contribution < -0.4 is 10.1 Å². The number of aryl methyl sites for hydroxylation is 1. The van der Waals surface area contributed by atoms with Crippen LogP contribution in [-0.4, -0.2) is 35.9 Å². The molecule has 0 aromatic heterocycles. The van der Waals surface area contributed by atoms with Gasteiger partial charge in [-0.1, -0.05) is 61.7 Å². The van der Waals surface area contributed by atoms with Crippen LogP contribution in [0, 0.1) is 0 Å². The lowest BCUT2D eigenvalue weighted by Gasteiger charge is -2.31. The fourth-order valence-corrected chi connectivity index (χ4v) is 4.57. The number of nitrogens with one attached hydrogen (secondary N) is 1. The highest BCUT2D eigenvalue weighted by atomic mass is 35.5. The molecule has 0 heterocycles. The molecule has 1 saturated carbocycles. The molecule has 32 heavy (non-hydrogen) atoms. The van der Waals surface area contributed by atoms with E-state index in [1.165, 1.54) is 0 Å². The van der Waals surface area contributed by atoms with E-state index in [1.54, 1.807) is 12.0 Å². The molecular weight excluding hydrogens is 424 g/mol. The van der Waals surface area contributed by atoms with Crippen LogP contribution in [0.2, 0.25) is 5.02 Å². The van der Waals surface area contributed by atoms with Gasteiger partial charge in [0.1, 0.15) is 11.8 Å². The van der Waals surface area contributed by atoms with E-state index in [0.717, 1.165) is 42.6 Å². The third-order valence-corrected chi connectivity index (χ3v) is 6.51. The summed E-state index contributed by atoms with van der Waals surface area (Å²) in [5, 5.41) is 3.84. The third kappa shape index (κ3) is 6.49. The topological polar surface area (TPSA) is 58.6 Å². The number of carbonyl (C=O) groups excluding carboxylic acids is 2. The van der Waals surface area contributed by atoms with Crippen molar-refractivity contribution in [2.75, 3.05) is 7.11 Å². The fraction of sp³-hybridized carbons (Fsp3) is 0.462. The monoisotopic (exact) mass is 456 g/mol. The highest BCUT2D eigenvalue weighted by Crippen LogP contribution is 2.22. The number of carbonyl (C=O) groups is 2. The lowest BCUT2D eigenvalue weighted by molar-refractivity contribution is -0.141. The van der Waals surface area contributed by atoms with Crippen LogP contribution in [0.5, 0.6) is 5.75 Å². The van der Waals surface area contributed by atoms with Crippen LogP contribution in [0.15, 0.2) is 48.5 Å². The van der Waals surface area contributed by atoms with Crippen molar-refractivity contribution in [2.45, 2.75) is 70.5 Å². The van der Waals surface area contributed by atoms with Crippen molar-refractivity contribution in [1.82, 2.24) is 10.2 Å². The zero-order valence-corrected chi connectivity index (χ0v) is 19.7. The number of methoxy groups -OCH3 is 1. The van der Waals surface area contributed by atoms with E-state index in [0.29, 0.717) is 30.8 Å². The lowest BCUT2D eigenvalue weighted by atomic mass is 10.1. The molecule has 2 aromatic rings. The minimum atomic E-state index is -0.513. The van der Waals surface area contributed by atoms with Crippen LogP contribution in [-0.2, 0) is 22.6 Å². The van der Waals surface area contributed by atoms with Crippen molar-refractivity contribution >= 4 is 23.4 Å². The van der Waals surface area contributed by atoms with E-state index in [1.807, 2.05) is 55.5 Å². The van der Waals surface area contributed by atoms with Crippen LogP contribution >= 0.6 is 11.6 Å². The van der Waals surface area contributed by atoms with E-state index in [4.69, 9.17) is 16.3 Å². The number of ether oxygens (including phenoxy) is 1. The van der Waals surface area contributed by atoms with Gasteiger partial charge in [0, 0.05) is 24.0 Å². The van der Waals surface area contributed by atoms with E-state index < -0.39 is 6.04 Å². The molecule has 1 aliphatic rings. The first-order chi connectivity index (χ1) is 15.5. The molecule has 1 atom stereocenters. The summed E-state index contributed by atoms with van der Waals surface area (Å²) in [5.74, 6) is 0.615. The van der Waals surface area contributed by atoms with Gasteiger partial charge in [-0.15, -0.1) is 0 Å². The van der Waals surface area contributed by atoms with Gasteiger partial charge in [-0.2, -0.15) is 0 Å². The minimum absolute atomic E-state index is 0.0545. The molecule has 3 rings (SSSR count). The second kappa shape index (κ2) is 11.9. The number of nitrogens with zero attached hydrogens (tertiary/aromatic N) is 1. The molecule has 1 N–H and O–H groups in total. The first-order valence-electron chi connectivity index (χ1n) is 11.5. The van der Waals surface area contributed by atoms with Crippen LogP contribution in [0.4, 0.5) is 0 Å². The Morgan fingerprint density at radius 1 is 1.16 bits per heavy atom. The Balaban J connectivity index is 1.78. The molecule has 0 unspecified atom stereocenters. The number of halogens is 1. The summed E-state index contributed by atoms with van der Waals surface area (Å²) >= 11 is 6.28. The van der Waals surface area contributed by atoms with Crippen LogP contribution in [0.3, 0.4) is 0 Å². The van der Waals surface area contributed by atoms with Gasteiger partial charge in [-0.05, 0) is 55.0 Å². The maximum atomic E-state index is 13.4. The van der Waals surface area contributed by atoms with Gasteiger partial charge < -0.3 is 15.0 Å². The molecule has 0 saturated heterocycles. The second-order valence-corrected chi connectivity index (χ2v) is 8.79. The molecule has 0 spiro atoms. The standard InChI is InChI=1S/C26H33ClN2O3/c1-3-24(26(31)28-21-11-5-6-12-21)29(18-19-9-8-13-22(17-19)32-2)25(30)16-15-20-10-4-7-14-23(20)27/h4,7-10,13-14,17,21,24H,3,5-6,11-12,15-16,18H2,1-2H3,(H,28,31)/t24-/m0/s1. The van der Waals surface area contributed by atoms with E-state index in [2.05, 4.69) is 5.32 Å². The predicted octanol–water partition coefficient (Wildman–Crippen LogP) is 5.15. The Morgan fingerprint density at radius 2 is 1.91 bits per heavy atom. The largest absolute Gasteiger partial charge is 0.497 e. The molecule has 2 amide bonds. The first kappa shape index (κ1) is 24.1. The Labute approximate surface area is 196 Å². The summed E-state index contributed by atoms with van der Waals surface area (Å²) in [6, 6.07) is 14.9. The zero-order valence-electron chi connectivity index (χ0n) is 19.0. The Hall–Kier alpha value is -2.53. The Kier molecular flexibility index (Phi) is 8.98.